The second kappa shape index (κ2) is 11.2. The van der Waals surface area contributed by atoms with Crippen LogP contribution in [0.4, 0.5) is 0 Å². The Bertz CT molecular complexity index is 626. The molecule has 2 aliphatic heterocycles. The Morgan fingerprint density at radius 2 is 1.93 bits per heavy atom. The molecule has 3 rings (SSSR count). The minimum atomic E-state index is 0.342. The molecule has 156 valence electrons. The molecule has 5 heteroatoms. The molecule has 0 aromatic heterocycles. The van der Waals surface area contributed by atoms with Gasteiger partial charge in [-0.15, -0.1) is 0 Å². The highest BCUT2D eigenvalue weighted by atomic mass is 16.6. The fourth-order valence-corrected chi connectivity index (χ4v) is 4.01. The van der Waals surface area contributed by atoms with E-state index < -0.39 is 0 Å². The molecule has 1 saturated heterocycles. The Morgan fingerprint density at radius 3 is 2.71 bits per heavy atom. The standard InChI is InChI=1S/C23H37N3O2/c1-2-3-4-5-8-20(24)17-25-21(18-26-11-6-7-12-26)15-19-9-10-22-23(16-19)28-14-13-27-22/h9-10,16-17,21,25H,2-8,11-15,18,24H2,1H3/b20-17-. The number of ether oxygens (including phenoxy) is 2. The second-order valence-electron chi connectivity index (χ2n) is 8.08. The van der Waals surface area contributed by atoms with Crippen LogP contribution in [0, 0.1) is 0 Å². The molecule has 0 bridgehead atoms. The Kier molecular flexibility index (Phi) is 8.34. The number of unbranched alkanes of at least 4 members (excludes halogenated alkanes) is 3. The molecule has 3 N–H and O–H groups in total. The van der Waals surface area contributed by atoms with Gasteiger partial charge in [-0.25, -0.2) is 0 Å². The monoisotopic (exact) mass is 387 g/mol. The second-order valence-corrected chi connectivity index (χ2v) is 8.08. The lowest BCUT2D eigenvalue weighted by Crippen LogP contribution is -2.39. The van der Waals surface area contributed by atoms with Gasteiger partial charge >= 0.3 is 0 Å². The summed E-state index contributed by atoms with van der Waals surface area (Å²) in [6, 6.07) is 6.67. The number of nitrogens with two attached hydrogens (primary N) is 1. The first-order valence-electron chi connectivity index (χ1n) is 11.1. The molecule has 0 aliphatic carbocycles. The maximum Gasteiger partial charge on any atom is 0.161 e. The van der Waals surface area contributed by atoms with Crippen molar-refractivity contribution in [1.82, 2.24) is 10.2 Å². The van der Waals surface area contributed by atoms with Crippen molar-refractivity contribution in [2.45, 2.75) is 64.3 Å². The number of fused-ring (bicyclic) bond motifs is 1. The van der Waals surface area contributed by atoms with E-state index in [1.54, 1.807) is 0 Å². The molecule has 0 spiro atoms. The molecule has 2 heterocycles. The first kappa shape index (κ1) is 20.8. The molecule has 1 aromatic rings. The van der Waals surface area contributed by atoms with Crippen LogP contribution in [0.15, 0.2) is 30.1 Å². The summed E-state index contributed by atoms with van der Waals surface area (Å²) in [6.45, 7) is 6.96. The average Bonchev–Trinajstić information content (AvgIpc) is 3.22. The maximum atomic E-state index is 6.25. The lowest BCUT2D eigenvalue weighted by molar-refractivity contribution is 0.171. The molecule has 1 fully saturated rings. The van der Waals surface area contributed by atoms with Gasteiger partial charge in [0.2, 0.25) is 0 Å². The van der Waals surface area contributed by atoms with Crippen molar-refractivity contribution in [2.75, 3.05) is 32.8 Å². The molecular weight excluding hydrogens is 350 g/mol. The summed E-state index contributed by atoms with van der Waals surface area (Å²) < 4.78 is 11.4. The van der Waals surface area contributed by atoms with Crippen LogP contribution in [0.25, 0.3) is 0 Å². The summed E-state index contributed by atoms with van der Waals surface area (Å²) in [5.74, 6) is 1.73. The number of likely N-dealkylation sites (tertiary alicyclic amines) is 1. The zero-order valence-electron chi connectivity index (χ0n) is 17.4. The molecule has 1 aromatic carbocycles. The Morgan fingerprint density at radius 1 is 1.14 bits per heavy atom. The maximum absolute atomic E-state index is 6.25. The van der Waals surface area contributed by atoms with Crippen molar-refractivity contribution in [1.29, 1.82) is 0 Å². The fraction of sp³-hybridized carbons (Fsp3) is 0.652. The van der Waals surface area contributed by atoms with Crippen LogP contribution < -0.4 is 20.5 Å². The summed E-state index contributed by atoms with van der Waals surface area (Å²) in [5, 5.41) is 3.62. The van der Waals surface area contributed by atoms with E-state index in [0.29, 0.717) is 19.3 Å². The van der Waals surface area contributed by atoms with Gasteiger partial charge in [0.15, 0.2) is 11.5 Å². The van der Waals surface area contributed by atoms with E-state index >= 15 is 0 Å². The predicted octanol–water partition coefficient (Wildman–Crippen LogP) is 3.82. The smallest absolute Gasteiger partial charge is 0.161 e. The van der Waals surface area contributed by atoms with E-state index in [0.717, 1.165) is 36.6 Å². The molecule has 28 heavy (non-hydrogen) atoms. The quantitative estimate of drug-likeness (QED) is 0.565. The van der Waals surface area contributed by atoms with Crippen molar-refractivity contribution < 1.29 is 9.47 Å². The van der Waals surface area contributed by atoms with Crippen LogP contribution >= 0.6 is 0 Å². The minimum absolute atomic E-state index is 0.342. The minimum Gasteiger partial charge on any atom is -0.486 e. The van der Waals surface area contributed by atoms with Gasteiger partial charge in [-0.1, -0.05) is 32.3 Å². The van der Waals surface area contributed by atoms with Gasteiger partial charge < -0.3 is 25.4 Å². The van der Waals surface area contributed by atoms with Crippen LogP contribution in [-0.4, -0.2) is 43.8 Å². The van der Waals surface area contributed by atoms with Gasteiger partial charge in [0.1, 0.15) is 13.2 Å². The van der Waals surface area contributed by atoms with E-state index in [4.69, 9.17) is 15.2 Å². The zero-order chi connectivity index (χ0) is 19.6. The molecule has 0 saturated carbocycles. The third-order valence-corrected chi connectivity index (χ3v) is 5.59. The molecule has 0 amide bonds. The number of benzene rings is 1. The lowest BCUT2D eigenvalue weighted by Gasteiger charge is -2.25. The van der Waals surface area contributed by atoms with Crippen LogP contribution in [0.2, 0.25) is 0 Å². The number of allylic oxidation sites excluding steroid dienone is 1. The van der Waals surface area contributed by atoms with E-state index in [2.05, 4.69) is 29.3 Å². The van der Waals surface area contributed by atoms with E-state index in [-0.39, 0.29) is 0 Å². The molecule has 1 atom stereocenters. The van der Waals surface area contributed by atoms with Gasteiger partial charge in [-0.05, 0) is 62.9 Å². The highest BCUT2D eigenvalue weighted by Crippen LogP contribution is 2.31. The van der Waals surface area contributed by atoms with Crippen LogP contribution in [0.5, 0.6) is 11.5 Å². The topological polar surface area (TPSA) is 59.8 Å². The van der Waals surface area contributed by atoms with E-state index in [1.165, 1.54) is 57.2 Å². The number of rotatable bonds is 11. The van der Waals surface area contributed by atoms with E-state index in [9.17, 15) is 0 Å². The van der Waals surface area contributed by atoms with Crippen molar-refractivity contribution in [3.8, 4) is 11.5 Å². The van der Waals surface area contributed by atoms with Gasteiger partial charge in [-0.2, -0.15) is 0 Å². The highest BCUT2D eigenvalue weighted by molar-refractivity contribution is 5.44. The molecular formula is C23H37N3O2. The summed E-state index contributed by atoms with van der Waals surface area (Å²) in [4.78, 5) is 2.56. The van der Waals surface area contributed by atoms with Crippen molar-refractivity contribution in [3.63, 3.8) is 0 Å². The Hall–Kier alpha value is -1.88. The first-order valence-corrected chi connectivity index (χ1v) is 11.1. The molecule has 0 radical (unpaired) electrons. The predicted molar refractivity (Wildman–Crippen MR) is 115 cm³/mol. The summed E-state index contributed by atoms with van der Waals surface area (Å²) >= 11 is 0. The first-order chi connectivity index (χ1) is 13.7. The Labute approximate surface area is 170 Å². The lowest BCUT2D eigenvalue weighted by atomic mass is 10.0. The normalized spacial score (nSPS) is 18.2. The molecule has 2 aliphatic rings. The van der Waals surface area contributed by atoms with Crippen LogP contribution in [0.1, 0.15) is 57.4 Å². The number of hydrogen-bond acceptors (Lipinski definition) is 5. The number of nitrogens with zero attached hydrogens (tertiary/aromatic N) is 1. The number of hydrogen-bond donors (Lipinski definition) is 2. The summed E-state index contributed by atoms with van der Waals surface area (Å²) in [5.41, 5.74) is 8.48. The highest BCUT2D eigenvalue weighted by Gasteiger charge is 2.19. The fourth-order valence-electron chi connectivity index (χ4n) is 4.01. The third-order valence-electron chi connectivity index (χ3n) is 5.59. The zero-order valence-corrected chi connectivity index (χ0v) is 17.4. The SMILES string of the molecule is CCCCCC/C(N)=C/NC(Cc1ccc2c(c1)OCCO2)CN1CCCC1. The third kappa shape index (κ3) is 6.62. The van der Waals surface area contributed by atoms with Gasteiger partial charge in [0, 0.05) is 24.5 Å². The van der Waals surface area contributed by atoms with E-state index in [1.807, 2.05) is 12.3 Å². The van der Waals surface area contributed by atoms with Crippen molar-refractivity contribution in [2.24, 2.45) is 5.73 Å². The molecule has 5 nitrogen and oxygen atoms in total. The largest absolute Gasteiger partial charge is 0.486 e. The average molecular weight is 388 g/mol. The summed E-state index contributed by atoms with van der Waals surface area (Å²) in [7, 11) is 0. The van der Waals surface area contributed by atoms with Crippen LogP contribution in [0.3, 0.4) is 0 Å². The van der Waals surface area contributed by atoms with Crippen LogP contribution in [-0.2, 0) is 6.42 Å². The van der Waals surface area contributed by atoms with Gasteiger partial charge in [-0.3, -0.25) is 0 Å². The molecule has 1 unspecified atom stereocenters. The van der Waals surface area contributed by atoms with Crippen molar-refractivity contribution in [3.05, 3.63) is 35.7 Å². The van der Waals surface area contributed by atoms with Gasteiger partial charge in [0.05, 0.1) is 0 Å². The summed E-state index contributed by atoms with van der Waals surface area (Å²) in [6.07, 6.45) is 11.6. The van der Waals surface area contributed by atoms with Gasteiger partial charge in [0.25, 0.3) is 0 Å². The van der Waals surface area contributed by atoms with Crippen molar-refractivity contribution >= 4 is 0 Å². The Balaban J connectivity index is 1.58. The number of nitrogens with one attached hydrogen (secondary N) is 1.